The van der Waals surface area contributed by atoms with Gasteiger partial charge in [0.1, 0.15) is 6.04 Å². The van der Waals surface area contributed by atoms with Gasteiger partial charge in [0.15, 0.2) is 0 Å². The Labute approximate surface area is 175 Å². The van der Waals surface area contributed by atoms with Crippen LogP contribution in [0.25, 0.3) is 10.2 Å². The van der Waals surface area contributed by atoms with E-state index < -0.39 is 16.1 Å². The average molecular weight is 432 g/mol. The fourth-order valence-electron chi connectivity index (χ4n) is 3.07. The van der Waals surface area contributed by atoms with E-state index in [0.717, 1.165) is 20.8 Å². The van der Waals surface area contributed by atoms with Crippen LogP contribution in [-0.2, 0) is 14.8 Å². The van der Waals surface area contributed by atoms with E-state index in [1.54, 1.807) is 18.2 Å². The molecule has 3 aromatic rings. The summed E-state index contributed by atoms with van der Waals surface area (Å²) in [6.45, 7) is 7.72. The summed E-state index contributed by atoms with van der Waals surface area (Å²) in [7, 11) is -3.86. The molecule has 154 valence electrons. The second-order valence-corrected chi connectivity index (χ2v) is 10.5. The average Bonchev–Trinajstić information content (AvgIpc) is 2.99. The lowest BCUT2D eigenvalue weighted by Gasteiger charge is -2.20. The van der Waals surface area contributed by atoms with Crippen LogP contribution in [0, 0.1) is 19.8 Å². The molecule has 3 rings (SSSR count). The van der Waals surface area contributed by atoms with Crippen molar-refractivity contribution in [2.45, 2.75) is 45.1 Å². The van der Waals surface area contributed by atoms with Gasteiger partial charge in [0, 0.05) is 5.69 Å². The first-order valence-corrected chi connectivity index (χ1v) is 11.7. The summed E-state index contributed by atoms with van der Waals surface area (Å²) in [5, 5.41) is 3.69. The molecule has 1 atom stereocenters. The molecule has 0 spiro atoms. The molecule has 0 fully saturated rings. The van der Waals surface area contributed by atoms with Gasteiger partial charge in [-0.05, 0) is 62.1 Å². The molecule has 0 unspecified atom stereocenters. The first kappa shape index (κ1) is 21.4. The van der Waals surface area contributed by atoms with Gasteiger partial charge in [-0.3, -0.25) is 4.79 Å². The molecule has 0 aliphatic carbocycles. The molecule has 1 heterocycles. The summed E-state index contributed by atoms with van der Waals surface area (Å²) in [6.07, 6.45) is 0.388. The highest BCUT2D eigenvalue weighted by Crippen LogP contribution is 2.25. The Kier molecular flexibility index (Phi) is 6.36. The van der Waals surface area contributed by atoms with Crippen LogP contribution < -0.4 is 10.0 Å². The molecule has 8 heteroatoms. The van der Waals surface area contributed by atoms with Crippen LogP contribution in [0.4, 0.5) is 5.69 Å². The predicted octanol–water partition coefficient (Wildman–Crippen LogP) is 4.24. The zero-order valence-corrected chi connectivity index (χ0v) is 18.5. The molecular formula is C21H25N3O3S2. The van der Waals surface area contributed by atoms with E-state index in [1.165, 1.54) is 17.4 Å². The molecule has 1 aromatic heterocycles. The minimum absolute atomic E-state index is 0.130. The highest BCUT2D eigenvalue weighted by Gasteiger charge is 2.27. The molecule has 2 aromatic carbocycles. The Morgan fingerprint density at radius 3 is 2.59 bits per heavy atom. The first-order chi connectivity index (χ1) is 13.6. The van der Waals surface area contributed by atoms with Gasteiger partial charge in [-0.15, -0.1) is 11.3 Å². The topological polar surface area (TPSA) is 88.2 Å². The maximum Gasteiger partial charge on any atom is 0.242 e. The lowest BCUT2D eigenvalue weighted by Crippen LogP contribution is -2.44. The Balaban J connectivity index is 1.84. The lowest BCUT2D eigenvalue weighted by molar-refractivity contribution is -0.118. The number of sulfonamides is 1. The van der Waals surface area contributed by atoms with Crippen LogP contribution in [0.2, 0.25) is 0 Å². The highest BCUT2D eigenvalue weighted by molar-refractivity contribution is 7.89. The standard InChI is InChI=1S/C21H25N3O3S2/c1-13(2)10-19(21(25)23-16-7-5-6-14(3)11-16)24-29(26,27)17-8-9-18-20(12-17)28-15(4)22-18/h5-9,11-13,19,24H,10H2,1-4H3,(H,23,25)/t19-/m0/s1. The first-order valence-electron chi connectivity index (χ1n) is 9.41. The summed E-state index contributed by atoms with van der Waals surface area (Å²) < 4.78 is 29.3. The molecule has 6 nitrogen and oxygen atoms in total. The number of benzene rings is 2. The fraction of sp³-hybridized carbons (Fsp3) is 0.333. The number of nitrogens with zero attached hydrogens (tertiary/aromatic N) is 1. The predicted molar refractivity (Wildman–Crippen MR) is 118 cm³/mol. The van der Waals surface area contributed by atoms with Gasteiger partial charge in [0.05, 0.1) is 20.1 Å². The lowest BCUT2D eigenvalue weighted by atomic mass is 10.0. The number of rotatable bonds is 7. The monoisotopic (exact) mass is 431 g/mol. The van der Waals surface area contributed by atoms with Crippen molar-refractivity contribution in [2.75, 3.05) is 5.32 Å². The maximum absolute atomic E-state index is 13.0. The molecular weight excluding hydrogens is 406 g/mol. The smallest absolute Gasteiger partial charge is 0.242 e. The van der Waals surface area contributed by atoms with E-state index >= 15 is 0 Å². The largest absolute Gasteiger partial charge is 0.325 e. The zero-order valence-electron chi connectivity index (χ0n) is 16.9. The van der Waals surface area contributed by atoms with Crippen molar-refractivity contribution in [3.8, 4) is 0 Å². The molecule has 2 N–H and O–H groups in total. The molecule has 0 aliphatic rings. The quantitative estimate of drug-likeness (QED) is 0.585. The van der Waals surface area contributed by atoms with E-state index in [2.05, 4.69) is 15.0 Å². The second kappa shape index (κ2) is 8.61. The van der Waals surface area contributed by atoms with Crippen molar-refractivity contribution in [3.63, 3.8) is 0 Å². The van der Waals surface area contributed by atoms with E-state index in [-0.39, 0.29) is 16.7 Å². The van der Waals surface area contributed by atoms with Gasteiger partial charge < -0.3 is 5.32 Å². The minimum Gasteiger partial charge on any atom is -0.325 e. The van der Waals surface area contributed by atoms with Gasteiger partial charge in [-0.2, -0.15) is 4.72 Å². The van der Waals surface area contributed by atoms with Crippen molar-refractivity contribution < 1.29 is 13.2 Å². The highest BCUT2D eigenvalue weighted by atomic mass is 32.2. The second-order valence-electron chi connectivity index (χ2n) is 7.52. The number of aromatic nitrogens is 1. The van der Waals surface area contributed by atoms with Gasteiger partial charge in [-0.1, -0.05) is 26.0 Å². The molecule has 0 saturated carbocycles. The van der Waals surface area contributed by atoms with Crippen molar-refractivity contribution in [1.29, 1.82) is 0 Å². The van der Waals surface area contributed by atoms with Crippen LogP contribution in [0.3, 0.4) is 0 Å². The third-order valence-electron chi connectivity index (χ3n) is 4.38. The molecule has 0 saturated heterocycles. The van der Waals surface area contributed by atoms with Crippen molar-refractivity contribution in [2.24, 2.45) is 5.92 Å². The van der Waals surface area contributed by atoms with Crippen molar-refractivity contribution in [1.82, 2.24) is 9.71 Å². The van der Waals surface area contributed by atoms with E-state index in [4.69, 9.17) is 0 Å². The van der Waals surface area contributed by atoms with Crippen LogP contribution in [0.1, 0.15) is 30.8 Å². The molecule has 29 heavy (non-hydrogen) atoms. The minimum atomic E-state index is -3.86. The summed E-state index contributed by atoms with van der Waals surface area (Å²) >= 11 is 1.44. The molecule has 0 aliphatic heterocycles. The van der Waals surface area contributed by atoms with Crippen LogP contribution in [-0.4, -0.2) is 25.4 Å². The normalized spacial score (nSPS) is 13.0. The Hall–Kier alpha value is -2.29. The summed E-state index contributed by atoms with van der Waals surface area (Å²) in [5.41, 5.74) is 2.42. The summed E-state index contributed by atoms with van der Waals surface area (Å²) in [6, 6.07) is 11.4. The van der Waals surface area contributed by atoms with E-state index in [1.807, 2.05) is 45.9 Å². The van der Waals surface area contributed by atoms with Crippen molar-refractivity contribution in [3.05, 3.63) is 53.0 Å². The number of amides is 1. The zero-order chi connectivity index (χ0) is 21.2. The number of hydrogen-bond acceptors (Lipinski definition) is 5. The number of thiazole rings is 1. The molecule has 0 bridgehead atoms. The fourth-order valence-corrected chi connectivity index (χ4v) is 5.25. The van der Waals surface area contributed by atoms with Gasteiger partial charge in [-0.25, -0.2) is 13.4 Å². The van der Waals surface area contributed by atoms with Crippen molar-refractivity contribution >= 4 is 43.2 Å². The molecule has 1 amide bonds. The SMILES string of the molecule is Cc1cccc(NC(=O)[C@H](CC(C)C)NS(=O)(=O)c2ccc3nc(C)sc3c2)c1. The third-order valence-corrected chi connectivity index (χ3v) is 6.79. The van der Waals surface area contributed by atoms with Crippen LogP contribution >= 0.6 is 11.3 Å². The number of fused-ring (bicyclic) bond motifs is 1. The third kappa shape index (κ3) is 5.41. The maximum atomic E-state index is 13.0. The Bertz CT molecular complexity index is 1140. The number of hydrogen-bond donors (Lipinski definition) is 2. The van der Waals surface area contributed by atoms with E-state index in [0.29, 0.717) is 12.1 Å². The number of carbonyl (C=O) groups is 1. The molecule has 0 radical (unpaired) electrons. The number of anilines is 1. The summed E-state index contributed by atoms with van der Waals surface area (Å²) in [4.78, 5) is 17.3. The number of nitrogens with one attached hydrogen (secondary N) is 2. The Morgan fingerprint density at radius 1 is 1.14 bits per heavy atom. The van der Waals surface area contributed by atoms with Crippen LogP contribution in [0.5, 0.6) is 0 Å². The summed E-state index contributed by atoms with van der Waals surface area (Å²) in [5.74, 6) is -0.236. The van der Waals surface area contributed by atoms with Gasteiger partial charge >= 0.3 is 0 Å². The van der Waals surface area contributed by atoms with Gasteiger partial charge in [0.2, 0.25) is 15.9 Å². The van der Waals surface area contributed by atoms with Crippen LogP contribution in [0.15, 0.2) is 47.4 Å². The number of aryl methyl sites for hydroxylation is 2. The van der Waals surface area contributed by atoms with E-state index in [9.17, 15) is 13.2 Å². The Morgan fingerprint density at radius 2 is 1.90 bits per heavy atom. The van der Waals surface area contributed by atoms with Gasteiger partial charge in [0.25, 0.3) is 0 Å². The number of carbonyl (C=O) groups excluding carboxylic acids is 1.